The van der Waals surface area contributed by atoms with E-state index in [1.807, 2.05) is 60.7 Å². The first-order chi connectivity index (χ1) is 30.7. The number of pyridine rings is 1. The van der Waals surface area contributed by atoms with E-state index in [1.54, 1.807) is 0 Å². The Balaban J connectivity index is 1.16. The molecule has 12 aromatic rings. The highest BCUT2D eigenvalue weighted by molar-refractivity contribution is 6.14. The summed E-state index contributed by atoms with van der Waals surface area (Å²) in [5, 5.41) is 3.38. The van der Waals surface area contributed by atoms with Crippen molar-refractivity contribution < 1.29 is 0 Å². The minimum Gasteiger partial charge on any atom is -0.309 e. The van der Waals surface area contributed by atoms with Gasteiger partial charge in [-0.15, -0.1) is 0 Å². The van der Waals surface area contributed by atoms with Gasteiger partial charge >= 0.3 is 0 Å². The Morgan fingerprint density at radius 3 is 1.50 bits per heavy atom. The van der Waals surface area contributed by atoms with E-state index in [9.17, 15) is 0 Å². The fourth-order valence-corrected chi connectivity index (χ4v) is 8.90. The molecule has 0 atom stereocenters. The molecule has 0 aliphatic carbocycles. The third kappa shape index (κ3) is 5.96. The summed E-state index contributed by atoms with van der Waals surface area (Å²) in [6.45, 7) is 0. The maximum absolute atomic E-state index is 5.60. The molecule has 0 saturated carbocycles. The van der Waals surface area contributed by atoms with Gasteiger partial charge < -0.3 is 4.57 Å². The van der Waals surface area contributed by atoms with Crippen molar-refractivity contribution in [1.82, 2.24) is 29.1 Å². The average Bonchev–Trinajstić information content (AvgIpc) is 3.87. The third-order valence-electron chi connectivity index (χ3n) is 11.8. The van der Waals surface area contributed by atoms with Crippen LogP contribution in [-0.2, 0) is 0 Å². The van der Waals surface area contributed by atoms with Crippen molar-refractivity contribution in [2.24, 2.45) is 0 Å². The topological polar surface area (TPSA) is 61.4 Å². The molecule has 62 heavy (non-hydrogen) atoms. The lowest BCUT2D eigenvalue weighted by Crippen LogP contribution is -2.07. The minimum absolute atomic E-state index is 0.520. The molecule has 6 heteroatoms. The summed E-state index contributed by atoms with van der Waals surface area (Å²) < 4.78 is 4.53. The minimum atomic E-state index is 0.520. The Kier molecular flexibility index (Phi) is 8.38. The molecule has 12 rings (SSSR count). The first kappa shape index (κ1) is 35.5. The van der Waals surface area contributed by atoms with E-state index in [1.165, 1.54) is 16.3 Å². The van der Waals surface area contributed by atoms with E-state index in [2.05, 4.69) is 167 Å². The van der Waals surface area contributed by atoms with Crippen LogP contribution in [0.1, 0.15) is 0 Å². The molecule has 6 nitrogen and oxygen atoms in total. The highest BCUT2D eigenvalue weighted by atomic mass is 15.2. The lowest BCUT2D eigenvalue weighted by atomic mass is 9.96. The zero-order chi connectivity index (χ0) is 41.0. The molecule has 0 unspecified atom stereocenters. The zero-order valence-electron chi connectivity index (χ0n) is 33.5. The zero-order valence-corrected chi connectivity index (χ0v) is 33.5. The van der Waals surface area contributed by atoms with E-state index < -0.39 is 0 Å². The summed E-state index contributed by atoms with van der Waals surface area (Å²) in [6, 6.07) is 76.2. The van der Waals surface area contributed by atoms with Crippen LogP contribution in [-0.4, -0.2) is 29.1 Å². The Morgan fingerprint density at radius 1 is 0.306 bits per heavy atom. The van der Waals surface area contributed by atoms with Crippen LogP contribution < -0.4 is 0 Å². The number of hydrogen-bond acceptors (Lipinski definition) is 4. The van der Waals surface area contributed by atoms with Crippen molar-refractivity contribution in [2.45, 2.75) is 0 Å². The van der Waals surface area contributed by atoms with Crippen LogP contribution in [0.2, 0.25) is 0 Å². The Bertz CT molecular complexity index is 3540. The molecule has 0 amide bonds. The molecule has 8 aromatic carbocycles. The summed E-state index contributed by atoms with van der Waals surface area (Å²) >= 11 is 0. The van der Waals surface area contributed by atoms with Crippen LogP contribution in [0, 0.1) is 0 Å². The highest BCUT2D eigenvalue weighted by Crippen LogP contribution is 2.42. The predicted molar refractivity (Wildman–Crippen MR) is 253 cm³/mol. The lowest BCUT2D eigenvalue weighted by Gasteiger charge is -2.14. The van der Waals surface area contributed by atoms with Crippen LogP contribution in [0.5, 0.6) is 0 Å². The van der Waals surface area contributed by atoms with Crippen molar-refractivity contribution in [3.63, 3.8) is 0 Å². The monoisotopic (exact) mass is 792 g/mol. The van der Waals surface area contributed by atoms with Gasteiger partial charge in [0, 0.05) is 44.1 Å². The van der Waals surface area contributed by atoms with E-state index in [0.717, 1.165) is 77.8 Å². The summed E-state index contributed by atoms with van der Waals surface area (Å²) in [6.07, 6.45) is 0. The molecule has 0 aliphatic rings. The van der Waals surface area contributed by atoms with Crippen LogP contribution in [0.3, 0.4) is 0 Å². The average molecular weight is 793 g/mol. The van der Waals surface area contributed by atoms with Gasteiger partial charge in [0.05, 0.1) is 33.3 Å². The number of rotatable bonds is 7. The second-order valence-electron chi connectivity index (χ2n) is 15.5. The van der Waals surface area contributed by atoms with E-state index in [-0.39, 0.29) is 0 Å². The standard InChI is InChI=1S/C56H36N6/c1-6-18-37(19-7-1)42-35-45(38-20-8-2-9-21-38)53-47(36-42)52-51(62(53)56-59-54(39-22-10-3-11-23-39)58-55(60-56)40-24-12-4-13-25-40)33-31-48(57-52)41-30-32-50-46(34-41)44-28-16-17-29-49(44)61(50)43-26-14-5-15-27-43/h1-36H. The molecule has 0 aliphatic heterocycles. The highest BCUT2D eigenvalue weighted by Gasteiger charge is 2.24. The first-order valence-corrected chi connectivity index (χ1v) is 20.8. The van der Waals surface area contributed by atoms with Crippen molar-refractivity contribution in [3.05, 3.63) is 218 Å². The molecule has 4 heterocycles. The van der Waals surface area contributed by atoms with Crippen LogP contribution >= 0.6 is 0 Å². The number of para-hydroxylation sites is 2. The fourth-order valence-electron chi connectivity index (χ4n) is 8.90. The van der Waals surface area contributed by atoms with Gasteiger partial charge in [-0.25, -0.2) is 9.97 Å². The number of aromatic nitrogens is 6. The summed E-state index contributed by atoms with van der Waals surface area (Å²) in [5.74, 6) is 1.71. The third-order valence-corrected chi connectivity index (χ3v) is 11.8. The second kappa shape index (κ2) is 14.7. The SMILES string of the molecule is c1ccc(-c2cc(-c3ccccc3)c3c(c2)c2nc(-c4ccc5c(c4)c4ccccc4n5-c4ccccc4)ccc2n3-c2nc(-c3ccccc3)nc(-c3ccccc3)n2)cc1. The number of hydrogen-bond donors (Lipinski definition) is 0. The quantitative estimate of drug-likeness (QED) is 0.161. The predicted octanol–water partition coefficient (Wildman–Crippen LogP) is 13.8. The summed E-state index contributed by atoms with van der Waals surface area (Å²) in [5.41, 5.74) is 14.3. The van der Waals surface area contributed by atoms with Crippen molar-refractivity contribution in [2.75, 3.05) is 0 Å². The van der Waals surface area contributed by atoms with Crippen molar-refractivity contribution in [1.29, 1.82) is 0 Å². The molecule has 0 bridgehead atoms. The van der Waals surface area contributed by atoms with Gasteiger partial charge in [-0.05, 0) is 71.3 Å². The largest absolute Gasteiger partial charge is 0.309 e. The van der Waals surface area contributed by atoms with E-state index in [4.69, 9.17) is 19.9 Å². The maximum Gasteiger partial charge on any atom is 0.238 e. The molecule has 4 aromatic heterocycles. The van der Waals surface area contributed by atoms with Gasteiger partial charge in [-0.2, -0.15) is 9.97 Å². The molecule has 0 spiro atoms. The summed E-state index contributed by atoms with van der Waals surface area (Å²) in [4.78, 5) is 21.2. The Morgan fingerprint density at radius 2 is 0.839 bits per heavy atom. The van der Waals surface area contributed by atoms with Crippen LogP contribution in [0.25, 0.3) is 112 Å². The second-order valence-corrected chi connectivity index (χ2v) is 15.5. The Labute approximate surface area is 357 Å². The van der Waals surface area contributed by atoms with Gasteiger partial charge in [0.2, 0.25) is 5.95 Å². The normalized spacial score (nSPS) is 11.5. The molecule has 290 valence electrons. The number of nitrogens with zero attached hydrogens (tertiary/aromatic N) is 6. The number of fused-ring (bicyclic) bond motifs is 6. The van der Waals surface area contributed by atoms with Crippen LogP contribution in [0.15, 0.2) is 218 Å². The smallest absolute Gasteiger partial charge is 0.238 e. The van der Waals surface area contributed by atoms with E-state index in [0.29, 0.717) is 17.6 Å². The Hall–Kier alpha value is -8.48. The molecular formula is C56H36N6. The van der Waals surface area contributed by atoms with Gasteiger partial charge in [0.15, 0.2) is 11.6 Å². The van der Waals surface area contributed by atoms with Gasteiger partial charge in [0.1, 0.15) is 0 Å². The van der Waals surface area contributed by atoms with E-state index >= 15 is 0 Å². The molecule has 0 saturated heterocycles. The van der Waals surface area contributed by atoms with Gasteiger partial charge in [-0.3, -0.25) is 4.57 Å². The van der Waals surface area contributed by atoms with Gasteiger partial charge in [-0.1, -0.05) is 164 Å². The molecule has 0 N–H and O–H groups in total. The number of benzene rings is 8. The maximum atomic E-state index is 5.60. The molecule has 0 radical (unpaired) electrons. The van der Waals surface area contributed by atoms with Crippen LogP contribution in [0.4, 0.5) is 0 Å². The molecule has 0 fully saturated rings. The van der Waals surface area contributed by atoms with Gasteiger partial charge in [0.25, 0.3) is 0 Å². The van der Waals surface area contributed by atoms with Crippen molar-refractivity contribution >= 4 is 43.7 Å². The lowest BCUT2D eigenvalue weighted by molar-refractivity contribution is 0.953. The molecular weight excluding hydrogens is 757 g/mol. The van der Waals surface area contributed by atoms with Crippen molar-refractivity contribution in [3.8, 4) is 67.9 Å². The first-order valence-electron chi connectivity index (χ1n) is 20.8. The summed E-state index contributed by atoms with van der Waals surface area (Å²) in [7, 11) is 0. The fraction of sp³-hybridized carbons (Fsp3) is 0.